The highest BCUT2D eigenvalue weighted by Crippen LogP contribution is 2.68. The highest BCUT2D eigenvalue weighted by atomic mass is 32.1. The van der Waals surface area contributed by atoms with E-state index in [0.717, 1.165) is 49.7 Å². The van der Waals surface area contributed by atoms with Gasteiger partial charge in [0.15, 0.2) is 0 Å². The number of piperidine rings is 1. The van der Waals surface area contributed by atoms with Crippen molar-refractivity contribution in [2.45, 2.75) is 46.5 Å². The smallest absolute Gasteiger partial charge is 0.273 e. The summed E-state index contributed by atoms with van der Waals surface area (Å²) in [7, 11) is 0. The highest BCUT2D eigenvalue weighted by Gasteiger charge is 2.68. The van der Waals surface area contributed by atoms with Crippen LogP contribution in [-0.4, -0.2) is 65.9 Å². The van der Waals surface area contributed by atoms with Crippen LogP contribution in [0, 0.1) is 22.6 Å². The van der Waals surface area contributed by atoms with Crippen molar-refractivity contribution in [2.24, 2.45) is 16.7 Å². The van der Waals surface area contributed by atoms with Crippen molar-refractivity contribution in [3.05, 3.63) is 46.2 Å². The predicted molar refractivity (Wildman–Crippen MR) is 136 cm³/mol. The van der Waals surface area contributed by atoms with Crippen LogP contribution in [0.25, 0.3) is 0 Å². The molecule has 0 atom stereocenters. The summed E-state index contributed by atoms with van der Waals surface area (Å²) < 4.78 is 13.2. The lowest BCUT2D eigenvalue weighted by molar-refractivity contribution is -0.134. The zero-order chi connectivity index (χ0) is 25.0. The molecule has 8 heteroatoms. The van der Waals surface area contributed by atoms with E-state index in [2.05, 4.69) is 32.6 Å². The SMILES string of the molecule is CC1(C)C(C(=O)N2CCC(c3nc(C(=O)N4CCN(c5ccc(F)cc5)CC4)cs3)CC2)C1(C)C. The number of hydrogen-bond acceptors (Lipinski definition) is 5. The van der Waals surface area contributed by atoms with E-state index in [0.29, 0.717) is 30.6 Å². The molecule has 0 spiro atoms. The monoisotopic (exact) mass is 498 g/mol. The first-order chi connectivity index (χ1) is 16.6. The quantitative estimate of drug-likeness (QED) is 0.617. The number of benzene rings is 1. The zero-order valence-corrected chi connectivity index (χ0v) is 21.9. The fourth-order valence-corrected chi connectivity index (χ4v) is 6.86. The number of thiazole rings is 1. The summed E-state index contributed by atoms with van der Waals surface area (Å²) in [4.78, 5) is 37.0. The normalized spacial score (nSPS) is 22.4. The van der Waals surface area contributed by atoms with Gasteiger partial charge in [0.2, 0.25) is 5.91 Å². The highest BCUT2D eigenvalue weighted by molar-refractivity contribution is 7.09. The molecule has 2 aromatic rings. The van der Waals surface area contributed by atoms with Gasteiger partial charge in [-0.05, 0) is 47.9 Å². The Balaban J connectivity index is 1.13. The van der Waals surface area contributed by atoms with Crippen LogP contribution in [0.2, 0.25) is 0 Å². The molecule has 1 aromatic carbocycles. The van der Waals surface area contributed by atoms with E-state index in [4.69, 9.17) is 4.98 Å². The van der Waals surface area contributed by atoms with Gasteiger partial charge in [0.1, 0.15) is 11.5 Å². The van der Waals surface area contributed by atoms with Gasteiger partial charge in [0, 0.05) is 62.2 Å². The molecular weight excluding hydrogens is 463 g/mol. The van der Waals surface area contributed by atoms with E-state index >= 15 is 0 Å². The second-order valence-corrected chi connectivity index (χ2v) is 12.2. The summed E-state index contributed by atoms with van der Waals surface area (Å²) in [5.41, 5.74) is 1.64. The molecule has 1 aliphatic carbocycles. The molecule has 2 amide bonds. The molecular formula is C27H35FN4O2S. The van der Waals surface area contributed by atoms with Gasteiger partial charge >= 0.3 is 0 Å². The Labute approximate surface area is 211 Å². The number of likely N-dealkylation sites (tertiary alicyclic amines) is 1. The average Bonchev–Trinajstić information content (AvgIpc) is 3.16. The number of hydrogen-bond donors (Lipinski definition) is 0. The lowest BCUT2D eigenvalue weighted by Crippen LogP contribution is -2.48. The van der Waals surface area contributed by atoms with E-state index in [1.54, 1.807) is 23.5 Å². The molecule has 0 radical (unpaired) electrons. The van der Waals surface area contributed by atoms with Crippen molar-refractivity contribution in [3.63, 3.8) is 0 Å². The Kier molecular flexibility index (Phi) is 6.14. The Morgan fingerprint density at radius 2 is 1.51 bits per heavy atom. The van der Waals surface area contributed by atoms with Gasteiger partial charge < -0.3 is 14.7 Å². The Morgan fingerprint density at radius 3 is 2.09 bits per heavy atom. The van der Waals surface area contributed by atoms with Gasteiger partial charge in [-0.25, -0.2) is 9.37 Å². The molecule has 1 saturated carbocycles. The average molecular weight is 499 g/mol. The lowest BCUT2D eigenvalue weighted by atomic mass is 9.96. The number of piperazine rings is 1. The van der Waals surface area contributed by atoms with Gasteiger partial charge in [-0.3, -0.25) is 9.59 Å². The molecule has 0 unspecified atom stereocenters. The predicted octanol–water partition coefficient (Wildman–Crippen LogP) is 4.63. The summed E-state index contributed by atoms with van der Waals surface area (Å²) in [6.45, 7) is 13.0. The van der Waals surface area contributed by atoms with Gasteiger partial charge in [0.25, 0.3) is 5.91 Å². The maximum Gasteiger partial charge on any atom is 0.273 e. The Hall–Kier alpha value is -2.48. The van der Waals surface area contributed by atoms with Gasteiger partial charge in [-0.15, -0.1) is 11.3 Å². The van der Waals surface area contributed by atoms with Crippen molar-refractivity contribution in [1.82, 2.24) is 14.8 Å². The number of halogens is 1. The van der Waals surface area contributed by atoms with Crippen LogP contribution in [0.5, 0.6) is 0 Å². The molecule has 2 saturated heterocycles. The zero-order valence-electron chi connectivity index (χ0n) is 21.1. The second kappa shape index (κ2) is 8.87. The minimum atomic E-state index is -0.241. The maximum absolute atomic E-state index is 13.2. The first-order valence-electron chi connectivity index (χ1n) is 12.6. The first kappa shape index (κ1) is 24.2. The van der Waals surface area contributed by atoms with Gasteiger partial charge in [-0.1, -0.05) is 27.7 Å². The first-order valence-corrected chi connectivity index (χ1v) is 13.5. The van der Waals surface area contributed by atoms with Crippen LogP contribution in [0.1, 0.15) is 62.0 Å². The van der Waals surface area contributed by atoms with E-state index in [-0.39, 0.29) is 28.5 Å². The molecule has 1 aromatic heterocycles. The molecule has 3 aliphatic rings. The Bertz CT molecular complexity index is 1080. The minimum Gasteiger partial charge on any atom is -0.368 e. The minimum absolute atomic E-state index is 0.0166. The number of carbonyl (C=O) groups excluding carboxylic acids is 2. The molecule has 3 fully saturated rings. The van der Waals surface area contributed by atoms with Gasteiger partial charge in [0.05, 0.1) is 5.01 Å². The molecule has 3 heterocycles. The topological polar surface area (TPSA) is 56.8 Å². The van der Waals surface area contributed by atoms with Crippen LogP contribution in [-0.2, 0) is 4.79 Å². The summed E-state index contributed by atoms with van der Waals surface area (Å²) in [6, 6.07) is 6.50. The molecule has 188 valence electrons. The Morgan fingerprint density at radius 1 is 0.914 bits per heavy atom. The molecule has 6 nitrogen and oxygen atoms in total. The molecule has 2 aliphatic heterocycles. The molecule has 35 heavy (non-hydrogen) atoms. The lowest BCUT2D eigenvalue weighted by Gasteiger charge is -2.35. The number of carbonyl (C=O) groups is 2. The van der Waals surface area contributed by atoms with Gasteiger partial charge in [-0.2, -0.15) is 0 Å². The standard InChI is InChI=1S/C27H35FN4O2S/c1-26(2)22(27(26,3)4)25(34)31-11-9-18(10-12-31)23-29-21(17-35-23)24(33)32-15-13-30(14-16-32)20-7-5-19(28)6-8-20/h5-8,17-18,22H,9-16H2,1-4H3. The number of amides is 2. The number of nitrogens with zero attached hydrogens (tertiary/aromatic N) is 4. The fraction of sp³-hybridized carbons (Fsp3) is 0.593. The van der Waals surface area contributed by atoms with Crippen LogP contribution in [0.3, 0.4) is 0 Å². The summed E-state index contributed by atoms with van der Waals surface area (Å²) in [5.74, 6) is 0.459. The van der Waals surface area contributed by atoms with Crippen LogP contribution >= 0.6 is 11.3 Å². The molecule has 0 bridgehead atoms. The van der Waals surface area contributed by atoms with Crippen molar-refractivity contribution >= 4 is 28.8 Å². The second-order valence-electron chi connectivity index (χ2n) is 11.3. The maximum atomic E-state index is 13.2. The van der Waals surface area contributed by atoms with E-state index in [1.807, 2.05) is 15.2 Å². The number of rotatable bonds is 4. The van der Waals surface area contributed by atoms with E-state index in [1.165, 1.54) is 12.1 Å². The summed E-state index contributed by atoms with van der Waals surface area (Å²) >= 11 is 1.57. The van der Waals surface area contributed by atoms with Crippen molar-refractivity contribution in [3.8, 4) is 0 Å². The third-order valence-corrected chi connectivity index (χ3v) is 9.93. The van der Waals surface area contributed by atoms with Crippen molar-refractivity contribution < 1.29 is 14.0 Å². The van der Waals surface area contributed by atoms with Crippen LogP contribution in [0.4, 0.5) is 10.1 Å². The fourth-order valence-electron chi connectivity index (χ4n) is 5.90. The third kappa shape index (κ3) is 4.34. The number of anilines is 1. The van der Waals surface area contributed by atoms with E-state index in [9.17, 15) is 14.0 Å². The van der Waals surface area contributed by atoms with Crippen LogP contribution in [0.15, 0.2) is 29.6 Å². The molecule has 0 N–H and O–H groups in total. The van der Waals surface area contributed by atoms with Crippen molar-refractivity contribution in [1.29, 1.82) is 0 Å². The molecule has 5 rings (SSSR count). The largest absolute Gasteiger partial charge is 0.368 e. The third-order valence-electron chi connectivity index (χ3n) is 8.92. The van der Waals surface area contributed by atoms with Crippen LogP contribution < -0.4 is 4.90 Å². The number of aromatic nitrogens is 1. The van der Waals surface area contributed by atoms with E-state index < -0.39 is 0 Å². The van der Waals surface area contributed by atoms with Crippen molar-refractivity contribution in [2.75, 3.05) is 44.2 Å². The summed E-state index contributed by atoms with van der Waals surface area (Å²) in [5, 5.41) is 2.90. The summed E-state index contributed by atoms with van der Waals surface area (Å²) in [6.07, 6.45) is 1.80.